The number of ketones is 1. The number of amides is 1. The molecule has 1 aromatic heterocycles. The van der Waals surface area contributed by atoms with Gasteiger partial charge in [-0.25, -0.2) is 0 Å². The van der Waals surface area contributed by atoms with E-state index in [1.807, 2.05) is 0 Å². The number of methoxy groups -OCH3 is 2. The van der Waals surface area contributed by atoms with E-state index in [0.717, 1.165) is 19.6 Å². The number of carbonyl (C=O) groups is 2. The second-order valence-corrected chi connectivity index (χ2v) is 8.30. The molecule has 2 aliphatic rings. The van der Waals surface area contributed by atoms with Crippen LogP contribution < -0.4 is 9.47 Å². The molecule has 3 heterocycles. The van der Waals surface area contributed by atoms with Crippen molar-refractivity contribution in [2.45, 2.75) is 12.5 Å². The van der Waals surface area contributed by atoms with Gasteiger partial charge in [0.05, 0.1) is 45.3 Å². The van der Waals surface area contributed by atoms with Gasteiger partial charge in [-0.3, -0.25) is 14.5 Å². The summed E-state index contributed by atoms with van der Waals surface area (Å²) < 4.78 is 21.4. The fourth-order valence-electron chi connectivity index (χ4n) is 4.43. The first kappa shape index (κ1) is 24.6. The summed E-state index contributed by atoms with van der Waals surface area (Å²) in [7, 11) is 3.06. The van der Waals surface area contributed by atoms with Gasteiger partial charge in [0.1, 0.15) is 5.76 Å². The molecular weight excluding hydrogens is 452 g/mol. The Morgan fingerprint density at radius 1 is 1.14 bits per heavy atom. The quantitative estimate of drug-likeness (QED) is 0.516. The first-order valence-corrected chi connectivity index (χ1v) is 11.6. The van der Waals surface area contributed by atoms with Crippen molar-refractivity contribution in [2.75, 3.05) is 53.6 Å². The molecule has 0 bridgehead atoms. The summed E-state index contributed by atoms with van der Waals surface area (Å²) in [6.07, 6.45) is 5.01. The van der Waals surface area contributed by atoms with Crippen LogP contribution in [0.2, 0.25) is 0 Å². The van der Waals surface area contributed by atoms with Gasteiger partial charge < -0.3 is 28.6 Å². The minimum absolute atomic E-state index is 0.0244. The van der Waals surface area contributed by atoms with Crippen LogP contribution in [0.4, 0.5) is 0 Å². The lowest BCUT2D eigenvalue weighted by atomic mass is 9.95. The Morgan fingerprint density at radius 2 is 1.91 bits per heavy atom. The van der Waals surface area contributed by atoms with Crippen molar-refractivity contribution in [2.24, 2.45) is 0 Å². The van der Waals surface area contributed by atoms with Crippen LogP contribution in [0.15, 0.2) is 58.4 Å². The van der Waals surface area contributed by atoms with E-state index in [-0.39, 0.29) is 5.57 Å². The molecule has 0 spiro atoms. The maximum atomic E-state index is 13.2. The number of benzene rings is 1. The Balaban J connectivity index is 1.62. The number of carbonyl (C=O) groups excluding carboxylic acids is 2. The van der Waals surface area contributed by atoms with Gasteiger partial charge in [-0.15, -0.1) is 0 Å². The number of morpholine rings is 1. The van der Waals surface area contributed by atoms with E-state index in [4.69, 9.17) is 18.6 Å². The number of aliphatic hydroxyl groups excluding tert-OH is 1. The van der Waals surface area contributed by atoms with Gasteiger partial charge in [0, 0.05) is 26.2 Å². The molecule has 0 saturated carbocycles. The number of furan rings is 1. The number of ether oxygens (including phenoxy) is 3. The van der Waals surface area contributed by atoms with Gasteiger partial charge in [0.15, 0.2) is 23.0 Å². The molecule has 35 heavy (non-hydrogen) atoms. The minimum atomic E-state index is -0.763. The first-order valence-electron chi connectivity index (χ1n) is 11.6. The van der Waals surface area contributed by atoms with Gasteiger partial charge in [-0.2, -0.15) is 0 Å². The van der Waals surface area contributed by atoms with Gasteiger partial charge in [0.2, 0.25) is 0 Å². The highest BCUT2D eigenvalue weighted by molar-refractivity contribution is 6.14. The zero-order valence-corrected chi connectivity index (χ0v) is 19.9. The maximum absolute atomic E-state index is 13.2. The van der Waals surface area contributed by atoms with Crippen LogP contribution in [0.3, 0.4) is 0 Å². The fraction of sp³-hybridized carbons (Fsp3) is 0.385. The SMILES string of the molecule is COc1ccc([C@H]2C(C(=O)/C=C/c3ccco3)=C(O)C(=O)N2CCCN2CCOCC2)cc1OC. The molecular formula is C26H30N2O7. The summed E-state index contributed by atoms with van der Waals surface area (Å²) in [5, 5.41) is 10.8. The third-order valence-electron chi connectivity index (χ3n) is 6.21. The topological polar surface area (TPSA) is 102 Å². The summed E-state index contributed by atoms with van der Waals surface area (Å²) in [6, 6.07) is 7.88. The van der Waals surface area contributed by atoms with E-state index in [9.17, 15) is 14.7 Å². The van der Waals surface area contributed by atoms with Crippen molar-refractivity contribution in [1.29, 1.82) is 0 Å². The normalized spacial score (nSPS) is 19.1. The minimum Gasteiger partial charge on any atom is -0.503 e. The average molecular weight is 483 g/mol. The standard InChI is InChI=1S/C26H30N2O7/c1-32-21-9-6-18(17-22(21)33-2)24-23(20(29)8-7-19-5-3-14-35-19)25(30)26(31)28(24)11-4-10-27-12-15-34-16-13-27/h3,5-9,14,17,24,30H,4,10-13,15-16H2,1-2H3/b8-7+/t24-/m0/s1. The van der Waals surface area contributed by atoms with Crippen molar-refractivity contribution >= 4 is 17.8 Å². The highest BCUT2D eigenvalue weighted by atomic mass is 16.5. The third-order valence-corrected chi connectivity index (χ3v) is 6.21. The predicted octanol–water partition coefficient (Wildman–Crippen LogP) is 3.00. The van der Waals surface area contributed by atoms with Crippen LogP contribution in [0.25, 0.3) is 6.08 Å². The number of aliphatic hydroxyl groups is 1. The number of allylic oxidation sites excluding steroid dienone is 1. The Hall–Kier alpha value is -3.56. The van der Waals surface area contributed by atoms with E-state index in [2.05, 4.69) is 4.90 Å². The van der Waals surface area contributed by atoms with E-state index in [0.29, 0.717) is 49.0 Å². The molecule has 0 radical (unpaired) electrons. The summed E-state index contributed by atoms with van der Waals surface area (Å²) in [5.74, 6) is -0.0875. The molecule has 1 atom stereocenters. The monoisotopic (exact) mass is 482 g/mol. The Labute approximate surface area is 204 Å². The molecule has 1 amide bonds. The lowest BCUT2D eigenvalue weighted by Crippen LogP contribution is -2.39. The molecule has 4 rings (SSSR count). The molecule has 9 heteroatoms. The molecule has 1 aromatic carbocycles. The molecule has 1 saturated heterocycles. The third kappa shape index (κ3) is 5.41. The van der Waals surface area contributed by atoms with Crippen LogP contribution in [-0.2, 0) is 14.3 Å². The largest absolute Gasteiger partial charge is 0.503 e. The molecule has 2 aliphatic heterocycles. The van der Waals surface area contributed by atoms with Gasteiger partial charge in [-0.05, 0) is 48.4 Å². The van der Waals surface area contributed by atoms with Crippen LogP contribution >= 0.6 is 0 Å². The van der Waals surface area contributed by atoms with Gasteiger partial charge >= 0.3 is 0 Å². The predicted molar refractivity (Wildman–Crippen MR) is 128 cm³/mol. The van der Waals surface area contributed by atoms with Crippen molar-refractivity contribution in [3.05, 3.63) is 65.3 Å². The lowest BCUT2D eigenvalue weighted by molar-refractivity contribution is -0.129. The number of hydrogen-bond acceptors (Lipinski definition) is 8. The number of rotatable bonds is 10. The number of hydrogen-bond donors (Lipinski definition) is 1. The van der Waals surface area contributed by atoms with E-state index < -0.39 is 23.5 Å². The molecule has 2 aromatic rings. The van der Waals surface area contributed by atoms with Crippen LogP contribution in [0, 0.1) is 0 Å². The molecule has 9 nitrogen and oxygen atoms in total. The molecule has 1 N–H and O–H groups in total. The Morgan fingerprint density at radius 3 is 2.60 bits per heavy atom. The van der Waals surface area contributed by atoms with E-state index in [1.54, 1.807) is 35.2 Å². The zero-order chi connectivity index (χ0) is 24.8. The smallest absolute Gasteiger partial charge is 0.290 e. The van der Waals surface area contributed by atoms with Crippen LogP contribution in [0.1, 0.15) is 23.8 Å². The Bertz CT molecular complexity index is 1100. The van der Waals surface area contributed by atoms with E-state index in [1.165, 1.54) is 32.6 Å². The molecule has 1 fully saturated rings. The van der Waals surface area contributed by atoms with Crippen molar-refractivity contribution in [1.82, 2.24) is 9.80 Å². The summed E-state index contributed by atoms with van der Waals surface area (Å²) >= 11 is 0. The number of nitrogens with zero attached hydrogens (tertiary/aromatic N) is 2. The molecule has 0 aliphatic carbocycles. The van der Waals surface area contributed by atoms with Crippen LogP contribution in [0.5, 0.6) is 11.5 Å². The van der Waals surface area contributed by atoms with Gasteiger partial charge in [-0.1, -0.05) is 6.07 Å². The molecule has 0 unspecified atom stereocenters. The Kier molecular flexibility index (Phi) is 7.89. The summed E-state index contributed by atoms with van der Waals surface area (Å²) in [5.41, 5.74) is 0.664. The fourth-order valence-corrected chi connectivity index (χ4v) is 4.43. The highest BCUT2D eigenvalue weighted by Crippen LogP contribution is 2.41. The zero-order valence-electron chi connectivity index (χ0n) is 19.9. The lowest BCUT2D eigenvalue weighted by Gasteiger charge is -2.30. The maximum Gasteiger partial charge on any atom is 0.290 e. The van der Waals surface area contributed by atoms with E-state index >= 15 is 0 Å². The molecule has 186 valence electrons. The summed E-state index contributed by atoms with van der Waals surface area (Å²) in [6.45, 7) is 4.24. The van der Waals surface area contributed by atoms with Crippen molar-refractivity contribution in [3.63, 3.8) is 0 Å². The highest BCUT2D eigenvalue weighted by Gasteiger charge is 2.43. The van der Waals surface area contributed by atoms with Crippen molar-refractivity contribution in [3.8, 4) is 11.5 Å². The van der Waals surface area contributed by atoms with Gasteiger partial charge in [0.25, 0.3) is 5.91 Å². The van der Waals surface area contributed by atoms with Crippen molar-refractivity contribution < 1.29 is 33.3 Å². The summed E-state index contributed by atoms with van der Waals surface area (Å²) in [4.78, 5) is 30.2. The second-order valence-electron chi connectivity index (χ2n) is 8.30. The van der Waals surface area contributed by atoms with Crippen LogP contribution in [-0.4, -0.2) is 80.2 Å². The second kappa shape index (κ2) is 11.2. The first-order chi connectivity index (χ1) is 17.0. The average Bonchev–Trinajstić information content (AvgIpc) is 3.50.